The molecule has 0 fully saturated rings. The minimum absolute atomic E-state index is 0.0136. The quantitative estimate of drug-likeness (QED) is 0.246. The molecular formula is C28H24N2O5S. The first-order valence-electron chi connectivity index (χ1n) is 11.6. The second-order valence-corrected chi connectivity index (χ2v) is 9.84. The average Bonchev–Trinajstić information content (AvgIpc) is 3.40. The summed E-state index contributed by atoms with van der Waals surface area (Å²) < 4.78 is 11.2. The monoisotopic (exact) mass is 500 g/mol. The fraction of sp³-hybridized carbons (Fsp3) is 0.214. The fourth-order valence-electron chi connectivity index (χ4n) is 4.37. The summed E-state index contributed by atoms with van der Waals surface area (Å²) in [5.74, 6) is -0.712. The van der Waals surface area contributed by atoms with E-state index in [1.807, 2.05) is 24.3 Å². The first-order valence-corrected chi connectivity index (χ1v) is 12.4. The zero-order valence-electron chi connectivity index (χ0n) is 20.1. The highest BCUT2D eigenvalue weighted by atomic mass is 32.1. The van der Waals surface area contributed by atoms with Gasteiger partial charge in [0.15, 0.2) is 10.6 Å². The van der Waals surface area contributed by atoms with Gasteiger partial charge in [-0.1, -0.05) is 74.2 Å². The van der Waals surface area contributed by atoms with Crippen molar-refractivity contribution in [2.75, 3.05) is 11.5 Å². The number of aromatic nitrogens is 1. The number of anilines is 1. The number of hydrogen-bond acceptors (Lipinski definition) is 7. The number of carbonyl (C=O) groups excluding carboxylic acids is 2. The summed E-state index contributed by atoms with van der Waals surface area (Å²) in [6, 6.07) is 13.9. The predicted octanol–water partition coefficient (Wildman–Crippen LogP) is 5.77. The Labute approximate surface area is 211 Å². The Morgan fingerprint density at radius 2 is 1.92 bits per heavy atom. The molecule has 0 radical (unpaired) electrons. The number of esters is 1. The number of para-hydroxylation sites is 1. The molecule has 0 aliphatic carbocycles. The van der Waals surface area contributed by atoms with Crippen molar-refractivity contribution in [2.24, 2.45) is 0 Å². The minimum atomic E-state index is -0.753. The Kier molecular flexibility index (Phi) is 6.05. The van der Waals surface area contributed by atoms with Crippen LogP contribution < -0.4 is 10.3 Å². The molecule has 1 aliphatic heterocycles. The first-order chi connectivity index (χ1) is 17.3. The fourth-order valence-corrected chi connectivity index (χ4v) is 5.36. The molecule has 1 atom stereocenters. The molecule has 1 amide bonds. The molecule has 5 rings (SSSR count). The predicted molar refractivity (Wildman–Crippen MR) is 139 cm³/mol. The number of rotatable bonds is 6. The smallest absolute Gasteiger partial charge is 0.350 e. The number of aryl methyl sites for hydroxylation is 1. The molecule has 2 aromatic carbocycles. The van der Waals surface area contributed by atoms with Gasteiger partial charge in [-0.25, -0.2) is 9.78 Å². The van der Waals surface area contributed by atoms with Gasteiger partial charge < -0.3 is 9.15 Å². The van der Waals surface area contributed by atoms with Crippen molar-refractivity contribution in [2.45, 2.75) is 32.7 Å². The number of nitrogens with zero attached hydrogens (tertiary/aromatic N) is 2. The number of hydrogen-bond donors (Lipinski definition) is 0. The standard InChI is InChI=1S/C28H24N2O5S/c1-5-14-34-27(33)25-16(4)29-28(36-25)30-22(18-12-10-17(11-13-18)15(2)3)21-23(31)19-8-6-7-9-20(19)35-24(21)26(30)32/h5-13,15,22H,1,14H2,2-4H3/t22-/m0/s1. The van der Waals surface area contributed by atoms with Crippen LogP contribution in [0.5, 0.6) is 0 Å². The second kappa shape index (κ2) is 9.20. The molecule has 3 heterocycles. The van der Waals surface area contributed by atoms with Gasteiger partial charge in [0.1, 0.15) is 17.1 Å². The van der Waals surface area contributed by atoms with Gasteiger partial charge in [-0.15, -0.1) is 0 Å². The van der Waals surface area contributed by atoms with E-state index in [2.05, 4.69) is 25.4 Å². The normalized spacial score (nSPS) is 14.9. The topological polar surface area (TPSA) is 89.7 Å². The van der Waals surface area contributed by atoms with E-state index < -0.39 is 17.9 Å². The molecule has 8 heteroatoms. The number of amides is 1. The summed E-state index contributed by atoms with van der Waals surface area (Å²) in [6.45, 7) is 9.51. The lowest BCUT2D eigenvalue weighted by Gasteiger charge is -2.23. The van der Waals surface area contributed by atoms with Gasteiger partial charge in [0.25, 0.3) is 5.91 Å². The Bertz CT molecular complexity index is 1570. The van der Waals surface area contributed by atoms with E-state index >= 15 is 0 Å². The van der Waals surface area contributed by atoms with Gasteiger partial charge in [0.05, 0.1) is 22.7 Å². The minimum Gasteiger partial charge on any atom is -0.457 e. The van der Waals surface area contributed by atoms with Crippen molar-refractivity contribution in [3.05, 3.63) is 104 Å². The van der Waals surface area contributed by atoms with Crippen LogP contribution in [-0.4, -0.2) is 23.5 Å². The van der Waals surface area contributed by atoms with Crippen LogP contribution in [0.15, 0.2) is 70.4 Å². The molecule has 1 aliphatic rings. The van der Waals surface area contributed by atoms with Crippen LogP contribution in [0.3, 0.4) is 0 Å². The third-order valence-corrected chi connectivity index (χ3v) is 7.34. The number of benzene rings is 2. The van der Waals surface area contributed by atoms with Crippen molar-refractivity contribution >= 4 is 39.3 Å². The van der Waals surface area contributed by atoms with Crippen LogP contribution >= 0.6 is 11.3 Å². The van der Waals surface area contributed by atoms with E-state index in [0.29, 0.717) is 22.6 Å². The van der Waals surface area contributed by atoms with Crippen LogP contribution in [0, 0.1) is 6.92 Å². The van der Waals surface area contributed by atoms with E-state index in [9.17, 15) is 14.4 Å². The van der Waals surface area contributed by atoms with Crippen LogP contribution in [0.2, 0.25) is 0 Å². The highest BCUT2D eigenvalue weighted by molar-refractivity contribution is 7.17. The van der Waals surface area contributed by atoms with E-state index in [4.69, 9.17) is 9.15 Å². The van der Waals surface area contributed by atoms with Crippen molar-refractivity contribution in [1.82, 2.24) is 4.98 Å². The maximum atomic E-state index is 13.7. The lowest BCUT2D eigenvalue weighted by molar-refractivity contribution is 0.0554. The second-order valence-electron chi connectivity index (χ2n) is 8.87. The van der Waals surface area contributed by atoms with E-state index in [1.165, 1.54) is 11.0 Å². The summed E-state index contributed by atoms with van der Waals surface area (Å²) in [4.78, 5) is 46.2. The van der Waals surface area contributed by atoms with Gasteiger partial charge in [0.2, 0.25) is 5.76 Å². The Balaban J connectivity index is 1.70. The highest BCUT2D eigenvalue weighted by Crippen LogP contribution is 2.43. The molecule has 0 bridgehead atoms. The number of thiazole rings is 1. The van der Waals surface area contributed by atoms with Crippen molar-refractivity contribution < 1.29 is 18.7 Å². The van der Waals surface area contributed by atoms with Crippen molar-refractivity contribution in [1.29, 1.82) is 0 Å². The number of fused-ring (bicyclic) bond motifs is 2. The lowest BCUT2D eigenvalue weighted by atomic mass is 9.95. The van der Waals surface area contributed by atoms with E-state index in [1.54, 1.807) is 31.2 Å². The van der Waals surface area contributed by atoms with Gasteiger partial charge in [-0.3, -0.25) is 14.5 Å². The van der Waals surface area contributed by atoms with Crippen LogP contribution in [-0.2, 0) is 4.74 Å². The molecule has 7 nitrogen and oxygen atoms in total. The van der Waals surface area contributed by atoms with Crippen molar-refractivity contribution in [3.63, 3.8) is 0 Å². The molecule has 4 aromatic rings. The summed E-state index contributed by atoms with van der Waals surface area (Å²) >= 11 is 1.05. The molecule has 2 aromatic heterocycles. The molecule has 0 unspecified atom stereocenters. The van der Waals surface area contributed by atoms with Crippen LogP contribution in [0.25, 0.3) is 11.0 Å². The summed E-state index contributed by atoms with van der Waals surface area (Å²) in [7, 11) is 0. The molecule has 0 N–H and O–H groups in total. The third-order valence-electron chi connectivity index (χ3n) is 6.21. The van der Waals surface area contributed by atoms with E-state index in [-0.39, 0.29) is 33.4 Å². The van der Waals surface area contributed by atoms with Gasteiger partial charge in [0, 0.05) is 0 Å². The third kappa shape index (κ3) is 3.83. The van der Waals surface area contributed by atoms with Crippen molar-refractivity contribution in [3.8, 4) is 0 Å². The Morgan fingerprint density at radius 3 is 2.61 bits per heavy atom. The molecule has 0 saturated heterocycles. The van der Waals surface area contributed by atoms with Gasteiger partial charge in [-0.2, -0.15) is 0 Å². The Morgan fingerprint density at radius 1 is 1.19 bits per heavy atom. The van der Waals surface area contributed by atoms with Gasteiger partial charge in [-0.05, 0) is 36.1 Å². The highest BCUT2D eigenvalue weighted by Gasteiger charge is 2.45. The van der Waals surface area contributed by atoms with Crippen LogP contribution in [0.1, 0.15) is 68.4 Å². The molecule has 0 saturated carbocycles. The number of ether oxygens (including phenoxy) is 1. The largest absolute Gasteiger partial charge is 0.457 e. The maximum Gasteiger partial charge on any atom is 0.350 e. The molecule has 0 spiro atoms. The maximum absolute atomic E-state index is 13.7. The summed E-state index contributed by atoms with van der Waals surface area (Å²) in [5.41, 5.74) is 2.66. The number of carbonyl (C=O) groups is 2. The molecule has 182 valence electrons. The zero-order chi connectivity index (χ0) is 25.6. The molecule has 36 heavy (non-hydrogen) atoms. The molecular weight excluding hydrogens is 476 g/mol. The average molecular weight is 501 g/mol. The Hall–Kier alpha value is -4.04. The van der Waals surface area contributed by atoms with Gasteiger partial charge >= 0.3 is 5.97 Å². The first kappa shape index (κ1) is 23.7. The van der Waals surface area contributed by atoms with Crippen LogP contribution in [0.4, 0.5) is 5.13 Å². The summed E-state index contributed by atoms with van der Waals surface area (Å²) in [5, 5.41) is 0.689. The van der Waals surface area contributed by atoms with E-state index in [0.717, 1.165) is 22.5 Å². The zero-order valence-corrected chi connectivity index (χ0v) is 20.9. The SMILES string of the molecule is C=CCOC(=O)c1sc(N2C(=O)c3oc4ccccc4c(=O)c3[C@@H]2c2ccc(C(C)C)cc2)nc1C. The summed E-state index contributed by atoms with van der Waals surface area (Å²) in [6.07, 6.45) is 1.48. The lowest BCUT2D eigenvalue weighted by Crippen LogP contribution is -2.29.